The number of rotatable bonds is 8. The molecule has 0 atom stereocenters. The van der Waals surface area contributed by atoms with Gasteiger partial charge in [-0.15, -0.1) is 0 Å². The van der Waals surface area contributed by atoms with E-state index in [1.54, 1.807) is 0 Å². The first-order valence-electron chi connectivity index (χ1n) is 20.6. The molecule has 0 N–H and O–H groups in total. The second-order valence-electron chi connectivity index (χ2n) is 14.7. The summed E-state index contributed by atoms with van der Waals surface area (Å²) in [5.74, 6) is -0.846. The van der Waals surface area contributed by atoms with E-state index in [0.29, 0.717) is 5.57 Å². The molecule has 0 unspecified atom stereocenters. The Kier molecular flexibility index (Phi) is 17.2. The van der Waals surface area contributed by atoms with Crippen LogP contribution in [0.2, 0.25) is 0 Å². The molecule has 0 radical (unpaired) electrons. The number of methoxy groups -OCH3 is 2. The first kappa shape index (κ1) is 46.9. The van der Waals surface area contributed by atoms with Crippen LogP contribution < -0.4 is 44.2 Å². The van der Waals surface area contributed by atoms with Crippen LogP contribution in [0.25, 0.3) is 0 Å². The number of ether oxygens (including phenoxy) is 4. The minimum atomic E-state index is -1.06. The fraction of sp³-hybridized carbons (Fsp3) is 0.212. The molecule has 2 aliphatic heterocycles. The van der Waals surface area contributed by atoms with Crippen molar-refractivity contribution >= 4 is 59.6 Å². The van der Waals surface area contributed by atoms with E-state index in [4.69, 9.17) is 18.9 Å². The number of esters is 2. The van der Waals surface area contributed by atoms with Crippen LogP contribution in [0.4, 0.5) is 0 Å². The normalized spacial score (nSPS) is 14.6. The van der Waals surface area contributed by atoms with E-state index in [2.05, 4.69) is 133 Å². The van der Waals surface area contributed by atoms with Gasteiger partial charge < -0.3 is 31.4 Å². The van der Waals surface area contributed by atoms with E-state index in [-0.39, 0.29) is 34.5 Å². The molecule has 6 aromatic carbocycles. The third-order valence-corrected chi connectivity index (χ3v) is 16.0. The Hall–Kier alpha value is -4.57. The molecule has 0 spiro atoms. The summed E-state index contributed by atoms with van der Waals surface area (Å²) in [5, 5.41) is 7.06. The molecule has 2 bridgehead atoms. The first-order valence-corrected chi connectivity index (χ1v) is 23.3. The van der Waals surface area contributed by atoms with Crippen molar-refractivity contribution < 1.29 is 57.4 Å². The van der Waals surface area contributed by atoms with Crippen LogP contribution >= 0.6 is 15.8 Å². The van der Waals surface area contributed by atoms with Gasteiger partial charge in [-0.3, -0.25) is 9.59 Å². The summed E-state index contributed by atoms with van der Waals surface area (Å²) in [5.41, 5.74) is 4.62. The summed E-state index contributed by atoms with van der Waals surface area (Å²) >= 11 is 0. The number of benzene rings is 6. The van der Waals surface area contributed by atoms with Crippen LogP contribution in [0, 0.1) is 5.92 Å². The third-order valence-electron chi connectivity index (χ3n) is 11.1. The van der Waals surface area contributed by atoms with Crippen molar-refractivity contribution in [3.8, 4) is 0 Å². The Labute approximate surface area is 384 Å². The van der Waals surface area contributed by atoms with Gasteiger partial charge in [-0.2, -0.15) is 0 Å². The SMILES string of the molecule is C1CCOC1.C1CCOC1.COC(=O)C1=C(C(=O)OC)C2c3cccc(P(c4ccccc4)c4ccccc4)c3[C-]1c1c2cccc1P(c1ccccc1)c1ccccc1.[Cl-].[Ni+2]. The van der Waals surface area contributed by atoms with Gasteiger partial charge in [0.15, 0.2) is 0 Å². The fourth-order valence-corrected chi connectivity index (χ4v) is 13.5. The Morgan fingerprint density at radius 3 is 1.13 bits per heavy atom. The maximum absolute atomic E-state index is 14.2. The van der Waals surface area contributed by atoms with E-state index < -0.39 is 33.7 Å². The van der Waals surface area contributed by atoms with E-state index in [9.17, 15) is 9.59 Å². The zero-order valence-electron chi connectivity index (χ0n) is 34.8. The van der Waals surface area contributed by atoms with E-state index >= 15 is 0 Å². The average molecular weight is 926 g/mol. The van der Waals surface area contributed by atoms with Gasteiger partial charge in [0, 0.05) is 37.6 Å². The molecule has 0 amide bonds. The molecule has 11 rings (SSSR count). The quantitative estimate of drug-likeness (QED) is 0.0941. The van der Waals surface area contributed by atoms with Crippen molar-refractivity contribution in [2.24, 2.45) is 0 Å². The van der Waals surface area contributed by atoms with Crippen molar-refractivity contribution in [1.82, 2.24) is 0 Å². The van der Waals surface area contributed by atoms with Crippen LogP contribution in [-0.2, 0) is 45.0 Å². The predicted octanol–water partition coefficient (Wildman–Crippen LogP) is 4.87. The van der Waals surface area contributed by atoms with Crippen molar-refractivity contribution in [2.45, 2.75) is 31.6 Å². The van der Waals surface area contributed by atoms with Crippen LogP contribution in [0.1, 0.15) is 53.9 Å². The molecule has 6 aromatic rings. The zero-order valence-corrected chi connectivity index (χ0v) is 38.3. The van der Waals surface area contributed by atoms with E-state index in [1.807, 2.05) is 24.3 Å². The number of hydrogen-bond donors (Lipinski definition) is 0. The fourth-order valence-electron chi connectivity index (χ4n) is 8.47. The van der Waals surface area contributed by atoms with Crippen molar-refractivity contribution in [2.75, 3.05) is 40.6 Å². The summed E-state index contributed by atoms with van der Waals surface area (Å²) in [6, 6.07) is 55.1. The van der Waals surface area contributed by atoms with Crippen LogP contribution in [0.3, 0.4) is 0 Å². The number of hydrogen-bond acceptors (Lipinski definition) is 6. The molecule has 10 heteroatoms. The molecular weight excluding hydrogens is 877 g/mol. The standard InChI is InChI=1S/C44H33O4P2.2C4H8O.ClH.Ni/c1-47-43(45)41-37-33-25-15-27-35(49(29-17-7-3-8-18-29)30-19-9-4-10-20-30)38(33)40(42(41)44(46)48-2)39-34(37)26-16-28-36(39)50(31-21-11-5-12-22-31)32-23-13-6-14-24-32;2*1-2-4-5-3-1;;/h3-28,37H,1-2H3;2*1-4H2;1H;/q-1;;;;+2/p-1. The van der Waals surface area contributed by atoms with Gasteiger partial charge in [-0.05, 0) is 68.7 Å². The summed E-state index contributed by atoms with van der Waals surface area (Å²) < 4.78 is 20.8. The van der Waals surface area contributed by atoms with Crippen LogP contribution in [0.15, 0.2) is 169 Å². The van der Waals surface area contributed by atoms with Gasteiger partial charge in [0.25, 0.3) is 5.97 Å². The van der Waals surface area contributed by atoms with Gasteiger partial charge in [0.1, 0.15) is 0 Å². The Morgan fingerprint density at radius 1 is 0.500 bits per heavy atom. The van der Waals surface area contributed by atoms with Crippen molar-refractivity contribution in [3.05, 3.63) is 197 Å². The van der Waals surface area contributed by atoms with E-state index in [1.165, 1.54) is 61.1 Å². The monoisotopic (exact) mass is 924 g/mol. The Bertz CT molecular complexity index is 2190. The predicted molar refractivity (Wildman–Crippen MR) is 245 cm³/mol. The minimum absolute atomic E-state index is 0. The van der Waals surface area contributed by atoms with Gasteiger partial charge in [-0.1, -0.05) is 197 Å². The second-order valence-corrected chi connectivity index (χ2v) is 19.1. The maximum atomic E-state index is 14.2. The summed E-state index contributed by atoms with van der Waals surface area (Å²) in [6.07, 6.45) is 5.11. The van der Waals surface area contributed by atoms with Gasteiger partial charge in [-0.25, -0.2) is 0 Å². The summed E-state index contributed by atoms with van der Waals surface area (Å²) in [6.45, 7) is 4.00. The molecular formula is C52H49ClNiO6P2. The average Bonchev–Trinajstić information content (AvgIpc) is 4.12. The van der Waals surface area contributed by atoms with Gasteiger partial charge in [0.2, 0.25) is 0 Å². The molecule has 5 aliphatic rings. The summed E-state index contributed by atoms with van der Waals surface area (Å²) in [4.78, 5) is 28.0. The molecule has 2 heterocycles. The molecule has 62 heavy (non-hydrogen) atoms. The van der Waals surface area contributed by atoms with Crippen molar-refractivity contribution in [3.63, 3.8) is 0 Å². The number of carbonyl (C=O) groups is 2. The molecule has 2 fully saturated rings. The smallest absolute Gasteiger partial charge is 1.00 e. The summed E-state index contributed by atoms with van der Waals surface area (Å²) in [7, 11) is 0.645. The first-order chi connectivity index (χ1) is 29.6. The van der Waals surface area contributed by atoms with Gasteiger partial charge >= 0.3 is 22.5 Å². The molecule has 320 valence electrons. The molecule has 3 aliphatic carbocycles. The molecule has 6 nitrogen and oxygen atoms in total. The topological polar surface area (TPSA) is 71.1 Å². The second kappa shape index (κ2) is 22.7. The zero-order chi connectivity index (χ0) is 41.3. The Balaban J connectivity index is 0.000000471. The Morgan fingerprint density at radius 2 is 0.839 bits per heavy atom. The maximum Gasteiger partial charge on any atom is 2.00 e. The van der Waals surface area contributed by atoms with E-state index in [0.717, 1.165) is 65.2 Å². The van der Waals surface area contributed by atoms with Crippen LogP contribution in [0.5, 0.6) is 0 Å². The molecule has 2 saturated heterocycles. The third kappa shape index (κ3) is 9.80. The van der Waals surface area contributed by atoms with Crippen molar-refractivity contribution in [1.29, 1.82) is 0 Å². The number of carbonyl (C=O) groups excluding carboxylic acids is 2. The molecule has 0 saturated carbocycles. The molecule has 0 aromatic heterocycles. The number of halogens is 1. The minimum Gasteiger partial charge on any atom is -1.00 e. The van der Waals surface area contributed by atoms with Gasteiger partial charge in [0.05, 0.1) is 14.2 Å². The van der Waals surface area contributed by atoms with Crippen LogP contribution in [-0.4, -0.2) is 52.6 Å². The largest absolute Gasteiger partial charge is 2.00 e.